The maximum atomic E-state index is 11.4. The summed E-state index contributed by atoms with van der Waals surface area (Å²) in [5.74, 6) is 1.77. The molecule has 1 aromatic carbocycles. The normalized spacial score (nSPS) is 36.3. The van der Waals surface area contributed by atoms with Gasteiger partial charge in [-0.2, -0.15) is 0 Å². The van der Waals surface area contributed by atoms with Gasteiger partial charge in [0.1, 0.15) is 6.10 Å². The molecule has 5 rings (SSSR count). The molecule has 0 spiro atoms. The van der Waals surface area contributed by atoms with Gasteiger partial charge in [-0.15, -0.1) is 0 Å². The molecule has 0 amide bonds. The minimum absolute atomic E-state index is 0.146. The zero-order valence-corrected chi connectivity index (χ0v) is 15.0. The lowest BCUT2D eigenvalue weighted by Gasteiger charge is -2.51. The largest absolute Gasteiger partial charge is 0.492 e. The molecule has 0 radical (unpaired) electrons. The summed E-state index contributed by atoms with van der Waals surface area (Å²) in [6.07, 6.45) is 1.26. The Morgan fingerprint density at radius 2 is 2.23 bits per heavy atom. The van der Waals surface area contributed by atoms with Crippen LogP contribution in [0.1, 0.15) is 37.3 Å². The molecule has 3 heterocycles. The first-order valence-corrected chi connectivity index (χ1v) is 9.14. The summed E-state index contributed by atoms with van der Waals surface area (Å²) < 4.78 is 22.4. The van der Waals surface area contributed by atoms with Crippen molar-refractivity contribution in [2.75, 3.05) is 20.4 Å². The smallest absolute Gasteiger partial charge is 0.302 e. The van der Waals surface area contributed by atoms with E-state index in [0.717, 1.165) is 37.1 Å². The van der Waals surface area contributed by atoms with E-state index in [4.69, 9.17) is 18.9 Å². The highest BCUT2D eigenvalue weighted by molar-refractivity contribution is 5.66. The molecule has 4 aliphatic rings. The van der Waals surface area contributed by atoms with Gasteiger partial charge in [0.25, 0.3) is 0 Å². The minimum atomic E-state index is -0.584. The summed E-state index contributed by atoms with van der Waals surface area (Å²) >= 11 is 0. The van der Waals surface area contributed by atoms with Gasteiger partial charge < -0.3 is 24.1 Å². The maximum absolute atomic E-state index is 11.4. The average Bonchev–Trinajstić information content (AvgIpc) is 3.15. The summed E-state index contributed by atoms with van der Waals surface area (Å²) in [6.45, 7) is 3.25. The quantitative estimate of drug-likeness (QED) is 0.797. The molecule has 1 aliphatic carbocycles. The van der Waals surface area contributed by atoms with Gasteiger partial charge in [-0.25, -0.2) is 0 Å². The Hall–Kier alpha value is -1.99. The van der Waals surface area contributed by atoms with E-state index in [2.05, 4.69) is 4.90 Å². The van der Waals surface area contributed by atoms with Crippen molar-refractivity contribution in [1.82, 2.24) is 4.90 Å². The Morgan fingerprint density at radius 3 is 3.00 bits per heavy atom. The SMILES string of the molecule is COc1c2c(cc3c1OCO3)C13CCN(C2)C1CC(OC(C)=O)CC3O. The Balaban J connectivity index is 1.63. The number of aliphatic hydroxyl groups is 1. The molecule has 5 atom stereocenters. The molecule has 7 nitrogen and oxygen atoms in total. The fourth-order valence-electron chi connectivity index (χ4n) is 5.59. The molecule has 7 heteroatoms. The molecule has 5 unspecified atom stereocenters. The first-order chi connectivity index (χ1) is 12.5. The Kier molecular flexibility index (Phi) is 3.43. The van der Waals surface area contributed by atoms with Crippen molar-refractivity contribution in [2.45, 2.75) is 56.4 Å². The van der Waals surface area contributed by atoms with Gasteiger partial charge in [0.05, 0.1) is 13.2 Å². The van der Waals surface area contributed by atoms with Gasteiger partial charge in [-0.05, 0) is 24.6 Å². The van der Waals surface area contributed by atoms with Gasteiger partial charge in [-0.1, -0.05) is 0 Å². The van der Waals surface area contributed by atoms with Crippen LogP contribution in [0.15, 0.2) is 6.07 Å². The van der Waals surface area contributed by atoms with Crippen LogP contribution < -0.4 is 14.2 Å². The van der Waals surface area contributed by atoms with Crippen molar-refractivity contribution in [3.63, 3.8) is 0 Å². The second-order valence-electron chi connectivity index (χ2n) is 7.66. The number of hydrogen-bond donors (Lipinski definition) is 1. The van der Waals surface area contributed by atoms with E-state index in [0.29, 0.717) is 23.7 Å². The number of methoxy groups -OCH3 is 1. The average molecular weight is 361 g/mol. The molecule has 1 aromatic rings. The first-order valence-electron chi connectivity index (χ1n) is 9.14. The van der Waals surface area contributed by atoms with Crippen LogP contribution in [0.4, 0.5) is 0 Å². The lowest BCUT2D eigenvalue weighted by molar-refractivity contribution is -0.153. The number of carbonyl (C=O) groups is 1. The highest BCUT2D eigenvalue weighted by Gasteiger charge is 2.60. The van der Waals surface area contributed by atoms with Gasteiger partial charge in [0.2, 0.25) is 12.5 Å². The topological polar surface area (TPSA) is 77.5 Å². The summed E-state index contributed by atoms with van der Waals surface area (Å²) in [5, 5.41) is 11.2. The molecule has 3 aliphatic heterocycles. The van der Waals surface area contributed by atoms with Crippen LogP contribution in [-0.2, 0) is 21.5 Å². The number of aliphatic hydroxyl groups excluding tert-OH is 1. The van der Waals surface area contributed by atoms with E-state index < -0.39 is 6.10 Å². The van der Waals surface area contributed by atoms with E-state index in [1.54, 1.807) is 7.11 Å². The number of nitrogens with zero attached hydrogens (tertiary/aromatic N) is 1. The van der Waals surface area contributed by atoms with E-state index >= 15 is 0 Å². The van der Waals surface area contributed by atoms with E-state index in [9.17, 15) is 9.90 Å². The van der Waals surface area contributed by atoms with Crippen LogP contribution in [0.2, 0.25) is 0 Å². The highest BCUT2D eigenvalue weighted by atomic mass is 16.7. The number of benzene rings is 1. The third-order valence-electron chi connectivity index (χ3n) is 6.54. The zero-order valence-electron chi connectivity index (χ0n) is 15.0. The van der Waals surface area contributed by atoms with E-state index in [1.807, 2.05) is 6.07 Å². The zero-order chi connectivity index (χ0) is 18.1. The number of rotatable bonds is 2. The van der Waals surface area contributed by atoms with Crippen LogP contribution in [0.3, 0.4) is 0 Å². The Morgan fingerprint density at radius 1 is 1.38 bits per heavy atom. The molecule has 140 valence electrons. The van der Waals surface area contributed by atoms with Crippen molar-refractivity contribution in [3.05, 3.63) is 17.2 Å². The summed E-state index contributed by atoms with van der Waals surface area (Å²) in [4.78, 5) is 13.8. The number of esters is 1. The number of hydrogen-bond acceptors (Lipinski definition) is 7. The van der Waals surface area contributed by atoms with E-state index in [-0.39, 0.29) is 30.3 Å². The molecule has 1 saturated heterocycles. The summed E-state index contributed by atoms with van der Waals surface area (Å²) in [5.41, 5.74) is 1.81. The number of carbonyl (C=O) groups excluding carboxylic acids is 1. The highest BCUT2D eigenvalue weighted by Crippen LogP contribution is 2.58. The Labute approximate surface area is 151 Å². The third kappa shape index (κ3) is 1.98. The van der Waals surface area contributed by atoms with Crippen molar-refractivity contribution < 1.29 is 28.8 Å². The van der Waals surface area contributed by atoms with Crippen LogP contribution >= 0.6 is 0 Å². The third-order valence-corrected chi connectivity index (χ3v) is 6.54. The maximum Gasteiger partial charge on any atom is 0.302 e. The molecule has 0 aromatic heterocycles. The van der Waals surface area contributed by atoms with Crippen molar-refractivity contribution >= 4 is 5.97 Å². The first kappa shape index (κ1) is 16.2. The van der Waals surface area contributed by atoms with Gasteiger partial charge in [0.15, 0.2) is 11.5 Å². The number of fused-ring (bicyclic) bond motifs is 2. The lowest BCUT2D eigenvalue weighted by Crippen LogP contribution is -2.59. The molecule has 1 N–H and O–H groups in total. The van der Waals surface area contributed by atoms with E-state index in [1.165, 1.54) is 6.92 Å². The minimum Gasteiger partial charge on any atom is -0.492 e. The second kappa shape index (κ2) is 5.50. The molecular weight excluding hydrogens is 338 g/mol. The predicted molar refractivity (Wildman–Crippen MR) is 90.4 cm³/mol. The molecule has 26 heavy (non-hydrogen) atoms. The van der Waals surface area contributed by atoms with Crippen molar-refractivity contribution in [3.8, 4) is 17.2 Å². The predicted octanol–water partition coefficient (Wildman–Crippen LogP) is 1.34. The van der Waals surface area contributed by atoms with Crippen LogP contribution in [0, 0.1) is 0 Å². The van der Waals surface area contributed by atoms with Crippen molar-refractivity contribution in [2.24, 2.45) is 0 Å². The van der Waals surface area contributed by atoms with Crippen LogP contribution in [-0.4, -0.2) is 54.7 Å². The monoisotopic (exact) mass is 361 g/mol. The standard InChI is InChI=1S/C19H23NO6/c1-10(21)26-11-5-15-19(16(22)6-11)3-4-20(15)8-12-13(19)7-14-18(17(12)23-2)25-9-24-14/h7,11,15-16,22H,3-6,8-9H2,1-2H3. The molecule has 1 saturated carbocycles. The van der Waals surface area contributed by atoms with Crippen molar-refractivity contribution in [1.29, 1.82) is 0 Å². The van der Waals surface area contributed by atoms with Crippen LogP contribution in [0.25, 0.3) is 0 Å². The summed E-state index contributed by atoms with van der Waals surface area (Å²) in [7, 11) is 1.65. The molecular formula is C19H23NO6. The van der Waals surface area contributed by atoms with Crippen LogP contribution in [0.5, 0.6) is 17.2 Å². The second-order valence-corrected chi connectivity index (χ2v) is 7.66. The van der Waals surface area contributed by atoms with Gasteiger partial charge >= 0.3 is 5.97 Å². The number of ether oxygens (including phenoxy) is 4. The molecule has 2 fully saturated rings. The fourth-order valence-corrected chi connectivity index (χ4v) is 5.59. The fraction of sp³-hybridized carbons (Fsp3) is 0.632. The Bertz CT molecular complexity index is 780. The lowest BCUT2D eigenvalue weighted by atomic mass is 9.61. The van der Waals surface area contributed by atoms with Gasteiger partial charge in [-0.3, -0.25) is 9.69 Å². The summed E-state index contributed by atoms with van der Waals surface area (Å²) in [6, 6.07) is 2.18. The molecule has 2 bridgehead atoms. The van der Waals surface area contributed by atoms with Gasteiger partial charge in [0, 0.05) is 43.3 Å².